The molecule has 0 unspecified atom stereocenters. The molecule has 0 bridgehead atoms. The first kappa shape index (κ1) is 16.9. The van der Waals surface area contributed by atoms with Gasteiger partial charge in [0.2, 0.25) is 0 Å². The molecule has 2 rings (SSSR count). The maximum atomic E-state index is 11.9. The maximum absolute atomic E-state index is 11.9. The molecule has 0 aliphatic heterocycles. The second-order valence-corrected chi connectivity index (χ2v) is 4.66. The Hall–Kier alpha value is -3.42. The van der Waals surface area contributed by atoms with Gasteiger partial charge in [0.25, 0.3) is 5.69 Å². The largest absolute Gasteiger partial charge is 0.497 e. The van der Waals surface area contributed by atoms with Gasteiger partial charge >= 0.3 is 5.97 Å². The van der Waals surface area contributed by atoms with Crippen LogP contribution in [0.25, 0.3) is 0 Å². The highest BCUT2D eigenvalue weighted by Gasteiger charge is 2.13. The van der Waals surface area contributed by atoms with Crippen molar-refractivity contribution in [2.24, 2.45) is 5.16 Å². The van der Waals surface area contributed by atoms with E-state index in [1.54, 1.807) is 24.3 Å². The van der Waals surface area contributed by atoms with Crippen molar-refractivity contribution >= 4 is 17.4 Å². The van der Waals surface area contributed by atoms with Crippen LogP contribution in [0.4, 0.5) is 5.69 Å². The lowest BCUT2D eigenvalue weighted by Crippen LogP contribution is -2.15. The lowest BCUT2D eigenvalue weighted by atomic mass is 10.1. The zero-order valence-corrected chi connectivity index (χ0v) is 12.7. The molecule has 0 radical (unpaired) electrons. The summed E-state index contributed by atoms with van der Waals surface area (Å²) in [6.07, 6.45) is 0. The molecule has 0 spiro atoms. The van der Waals surface area contributed by atoms with Crippen molar-refractivity contribution in [1.29, 1.82) is 0 Å². The van der Waals surface area contributed by atoms with E-state index in [1.807, 2.05) is 0 Å². The number of hydrogen-bond acceptors (Lipinski definition) is 7. The molecule has 0 amide bonds. The summed E-state index contributed by atoms with van der Waals surface area (Å²) in [6.45, 7) is -0.251. The van der Waals surface area contributed by atoms with Gasteiger partial charge in [0.05, 0.1) is 17.6 Å². The zero-order valence-electron chi connectivity index (χ0n) is 12.7. The van der Waals surface area contributed by atoms with Crippen molar-refractivity contribution in [3.05, 3.63) is 69.8 Å². The monoisotopic (exact) mass is 330 g/mol. The molecule has 124 valence electrons. The minimum Gasteiger partial charge on any atom is -0.497 e. The van der Waals surface area contributed by atoms with Crippen LogP contribution in [0.5, 0.6) is 5.75 Å². The lowest BCUT2D eigenvalue weighted by Gasteiger charge is -2.07. The van der Waals surface area contributed by atoms with Crippen LogP contribution < -0.4 is 4.74 Å². The van der Waals surface area contributed by atoms with Gasteiger partial charge < -0.3 is 14.7 Å². The van der Waals surface area contributed by atoms with Crippen LogP contribution >= 0.6 is 0 Å². The van der Waals surface area contributed by atoms with Gasteiger partial charge in [-0.3, -0.25) is 10.1 Å². The minimum atomic E-state index is -0.681. The normalized spacial score (nSPS) is 11.0. The van der Waals surface area contributed by atoms with Gasteiger partial charge in [0, 0.05) is 17.7 Å². The first-order valence-corrected chi connectivity index (χ1v) is 6.82. The molecule has 0 atom stereocenters. The summed E-state index contributed by atoms with van der Waals surface area (Å²) in [4.78, 5) is 21.9. The summed E-state index contributed by atoms with van der Waals surface area (Å²) in [5.74, 6) is -0.0431. The van der Waals surface area contributed by atoms with E-state index in [0.717, 1.165) is 0 Å². The van der Waals surface area contributed by atoms with Crippen LogP contribution in [-0.4, -0.2) is 35.5 Å². The van der Waals surface area contributed by atoms with E-state index in [4.69, 9.17) is 14.7 Å². The third-order valence-electron chi connectivity index (χ3n) is 3.20. The summed E-state index contributed by atoms with van der Waals surface area (Å²) in [5, 5.41) is 22.8. The number of non-ortho nitro benzene ring substituents is 1. The number of oxime groups is 1. The number of hydrogen-bond donors (Lipinski definition) is 1. The fourth-order valence-electron chi connectivity index (χ4n) is 1.89. The summed E-state index contributed by atoms with van der Waals surface area (Å²) in [7, 11) is 1.53. The third-order valence-corrected chi connectivity index (χ3v) is 3.20. The summed E-state index contributed by atoms with van der Waals surface area (Å²) < 4.78 is 10.1. The maximum Gasteiger partial charge on any atom is 0.338 e. The van der Waals surface area contributed by atoms with Gasteiger partial charge in [-0.15, -0.1) is 0 Å². The number of carbonyl (C=O) groups is 1. The Kier molecular flexibility index (Phi) is 5.45. The van der Waals surface area contributed by atoms with Gasteiger partial charge in [-0.05, 0) is 36.4 Å². The molecule has 2 aromatic carbocycles. The van der Waals surface area contributed by atoms with E-state index >= 15 is 0 Å². The van der Waals surface area contributed by atoms with E-state index < -0.39 is 10.9 Å². The Balaban J connectivity index is 2.01. The van der Waals surface area contributed by atoms with E-state index in [2.05, 4.69) is 5.16 Å². The standard InChI is InChI=1S/C16H14N2O6/c1-23-14-8-4-11(5-9-14)15(17-20)10-24-16(19)12-2-6-13(7-3-12)18(21)22/h2-9,20H,10H2,1H3/b17-15+. The van der Waals surface area contributed by atoms with Crippen molar-refractivity contribution in [1.82, 2.24) is 0 Å². The average Bonchev–Trinajstić information content (AvgIpc) is 2.62. The predicted molar refractivity (Wildman–Crippen MR) is 84.7 cm³/mol. The van der Waals surface area contributed by atoms with Gasteiger partial charge in [0.1, 0.15) is 18.1 Å². The highest BCUT2D eigenvalue weighted by atomic mass is 16.6. The molecule has 1 N–H and O–H groups in total. The number of esters is 1. The molecule has 0 aliphatic rings. The highest BCUT2D eigenvalue weighted by Crippen LogP contribution is 2.14. The third kappa shape index (κ3) is 4.07. The second kappa shape index (κ2) is 7.73. The van der Waals surface area contributed by atoms with Gasteiger partial charge in [-0.25, -0.2) is 4.79 Å². The minimum absolute atomic E-state index is 0.123. The molecule has 0 heterocycles. The van der Waals surface area contributed by atoms with Gasteiger partial charge in [0.15, 0.2) is 0 Å². The van der Waals surface area contributed by atoms with Gasteiger partial charge in [-0.1, -0.05) is 5.16 Å². The Morgan fingerprint density at radius 2 is 1.71 bits per heavy atom. The van der Waals surface area contributed by atoms with Crippen molar-refractivity contribution in [3.63, 3.8) is 0 Å². The van der Waals surface area contributed by atoms with Crippen molar-refractivity contribution < 1.29 is 24.4 Å². The van der Waals surface area contributed by atoms with Crippen LogP contribution in [-0.2, 0) is 4.74 Å². The smallest absolute Gasteiger partial charge is 0.338 e. The molecular weight excluding hydrogens is 316 g/mol. The Morgan fingerprint density at radius 3 is 2.21 bits per heavy atom. The molecule has 2 aromatic rings. The first-order valence-electron chi connectivity index (χ1n) is 6.82. The number of benzene rings is 2. The number of carbonyl (C=O) groups excluding carboxylic acids is 1. The fraction of sp³-hybridized carbons (Fsp3) is 0.125. The summed E-state index contributed by atoms with van der Waals surface area (Å²) in [5.41, 5.74) is 0.762. The molecule has 8 heteroatoms. The Labute approximate surface area is 137 Å². The van der Waals surface area contributed by atoms with Crippen LogP contribution in [0, 0.1) is 10.1 Å². The number of methoxy groups -OCH3 is 1. The van der Waals surface area contributed by atoms with E-state index in [9.17, 15) is 14.9 Å². The van der Waals surface area contributed by atoms with Crippen LogP contribution in [0.15, 0.2) is 53.7 Å². The van der Waals surface area contributed by atoms with E-state index in [1.165, 1.54) is 31.4 Å². The van der Waals surface area contributed by atoms with Crippen LogP contribution in [0.3, 0.4) is 0 Å². The SMILES string of the molecule is COc1ccc(/C(COC(=O)c2ccc([N+](=O)[O-])cc2)=N/O)cc1. The summed E-state index contributed by atoms with van der Waals surface area (Å²) in [6, 6.07) is 11.7. The van der Waals surface area contributed by atoms with E-state index in [-0.39, 0.29) is 23.6 Å². The number of nitro benzene ring substituents is 1. The highest BCUT2D eigenvalue weighted by molar-refractivity contribution is 6.02. The topological polar surface area (TPSA) is 111 Å². The molecule has 24 heavy (non-hydrogen) atoms. The zero-order chi connectivity index (χ0) is 17.5. The van der Waals surface area contributed by atoms with E-state index in [0.29, 0.717) is 11.3 Å². The predicted octanol–water partition coefficient (Wildman–Crippen LogP) is 2.64. The molecule has 8 nitrogen and oxygen atoms in total. The number of nitro groups is 1. The fourth-order valence-corrected chi connectivity index (χ4v) is 1.89. The quantitative estimate of drug-likeness (QED) is 0.286. The first-order chi connectivity index (χ1) is 11.5. The molecule has 0 aliphatic carbocycles. The summed E-state index contributed by atoms with van der Waals surface area (Å²) >= 11 is 0. The lowest BCUT2D eigenvalue weighted by molar-refractivity contribution is -0.384. The average molecular weight is 330 g/mol. The van der Waals surface area contributed by atoms with Crippen LogP contribution in [0.1, 0.15) is 15.9 Å². The second-order valence-electron chi connectivity index (χ2n) is 4.66. The van der Waals surface area contributed by atoms with Gasteiger partial charge in [-0.2, -0.15) is 0 Å². The van der Waals surface area contributed by atoms with Crippen molar-refractivity contribution in [3.8, 4) is 5.75 Å². The molecule has 0 fully saturated rings. The number of rotatable bonds is 6. The molecule has 0 saturated heterocycles. The molecule has 0 aromatic heterocycles. The van der Waals surface area contributed by atoms with Crippen molar-refractivity contribution in [2.75, 3.05) is 13.7 Å². The number of nitrogens with zero attached hydrogens (tertiary/aromatic N) is 2. The molecule has 0 saturated carbocycles. The number of ether oxygens (including phenoxy) is 2. The Bertz CT molecular complexity index is 753. The van der Waals surface area contributed by atoms with Crippen molar-refractivity contribution in [2.45, 2.75) is 0 Å². The Morgan fingerprint density at radius 1 is 1.12 bits per heavy atom. The van der Waals surface area contributed by atoms with Crippen LogP contribution in [0.2, 0.25) is 0 Å². The molecular formula is C16H14N2O6.